The van der Waals surface area contributed by atoms with E-state index in [-0.39, 0.29) is 18.6 Å². The largest absolute Gasteiger partial charge is 0.462 e. The molecule has 0 fully saturated rings. The van der Waals surface area contributed by atoms with E-state index >= 15 is 0 Å². The summed E-state index contributed by atoms with van der Waals surface area (Å²) in [4.78, 5) is 34.7. The van der Waals surface area contributed by atoms with Crippen molar-refractivity contribution in [2.75, 3.05) is 0 Å². The van der Waals surface area contributed by atoms with Crippen LogP contribution in [0.3, 0.4) is 0 Å². The number of ether oxygens (including phenoxy) is 3. The Morgan fingerprint density at radius 2 is 1.23 bits per heavy atom. The third-order valence-corrected chi connectivity index (χ3v) is 2.87. The maximum atomic E-state index is 11.7. The molecule has 0 radical (unpaired) electrons. The molecule has 0 bridgehead atoms. The van der Waals surface area contributed by atoms with Gasteiger partial charge in [-0.1, -0.05) is 12.2 Å². The lowest BCUT2D eigenvalue weighted by atomic mass is 10.2. The quantitative estimate of drug-likeness (QED) is 0.503. The Bertz CT molecular complexity index is 465. The minimum Gasteiger partial charge on any atom is -0.462 e. The molecular formula is C16H22O6. The highest BCUT2D eigenvalue weighted by Crippen LogP contribution is 2.07. The number of carbonyl (C=O) groups is 3. The summed E-state index contributed by atoms with van der Waals surface area (Å²) in [6, 6.07) is 0. The molecule has 0 aromatic heterocycles. The van der Waals surface area contributed by atoms with Crippen molar-refractivity contribution >= 4 is 17.9 Å². The molecule has 1 aliphatic rings. The standard InChI is InChI=1S/C16H22O6/c1-11-6-4-9-15(18)22-13(3)10-16(19)21-12(2)7-5-8-14(17)20-11/h4-5,8-9,11-13H,6-7,10H2,1-3H3/b8-5+,9-4+/t11-,12-,13-/m0/s1. The van der Waals surface area contributed by atoms with Crippen LogP contribution in [0.2, 0.25) is 0 Å². The van der Waals surface area contributed by atoms with Gasteiger partial charge in [0.15, 0.2) is 0 Å². The second-order valence-electron chi connectivity index (χ2n) is 5.28. The van der Waals surface area contributed by atoms with Gasteiger partial charge < -0.3 is 14.2 Å². The average Bonchev–Trinajstić information content (AvgIpc) is 2.36. The Morgan fingerprint density at radius 1 is 0.773 bits per heavy atom. The Morgan fingerprint density at radius 3 is 1.77 bits per heavy atom. The van der Waals surface area contributed by atoms with Gasteiger partial charge in [0.1, 0.15) is 18.3 Å². The SMILES string of the molecule is C[C@H]1C/C=C/C(=O)O[C@@H](C)CC(=O)O[C@@H](C)C/C=C/C(=O)O1. The Balaban J connectivity index is 2.73. The summed E-state index contributed by atoms with van der Waals surface area (Å²) in [5, 5.41) is 0. The summed E-state index contributed by atoms with van der Waals surface area (Å²) in [5.41, 5.74) is 0. The summed E-state index contributed by atoms with van der Waals surface area (Å²) < 4.78 is 15.4. The molecule has 1 aliphatic heterocycles. The second kappa shape index (κ2) is 9.02. The number of rotatable bonds is 0. The van der Waals surface area contributed by atoms with E-state index in [0.717, 1.165) is 0 Å². The van der Waals surface area contributed by atoms with Crippen LogP contribution in [0.5, 0.6) is 0 Å². The summed E-state index contributed by atoms with van der Waals surface area (Å²) in [5.74, 6) is -1.46. The highest BCUT2D eigenvalue weighted by molar-refractivity contribution is 5.83. The first kappa shape index (κ1) is 17.9. The van der Waals surface area contributed by atoms with Gasteiger partial charge in [-0.2, -0.15) is 0 Å². The van der Waals surface area contributed by atoms with Gasteiger partial charge in [-0.15, -0.1) is 0 Å². The van der Waals surface area contributed by atoms with Gasteiger partial charge >= 0.3 is 17.9 Å². The van der Waals surface area contributed by atoms with E-state index in [4.69, 9.17) is 14.2 Å². The van der Waals surface area contributed by atoms with E-state index in [1.54, 1.807) is 32.9 Å². The summed E-state index contributed by atoms with van der Waals surface area (Å²) in [6.07, 6.45) is 5.28. The van der Waals surface area contributed by atoms with Gasteiger partial charge in [-0.3, -0.25) is 4.79 Å². The molecule has 0 saturated carbocycles. The number of carbonyl (C=O) groups excluding carboxylic acids is 3. The molecule has 6 nitrogen and oxygen atoms in total. The maximum Gasteiger partial charge on any atom is 0.330 e. The lowest BCUT2D eigenvalue weighted by Gasteiger charge is -2.15. The zero-order valence-electron chi connectivity index (χ0n) is 13.1. The third kappa shape index (κ3) is 7.61. The van der Waals surface area contributed by atoms with Crippen molar-refractivity contribution in [2.45, 2.75) is 58.3 Å². The van der Waals surface area contributed by atoms with Gasteiger partial charge in [-0.05, 0) is 20.8 Å². The van der Waals surface area contributed by atoms with Crippen LogP contribution in [0.4, 0.5) is 0 Å². The lowest BCUT2D eigenvalue weighted by molar-refractivity contribution is -0.154. The van der Waals surface area contributed by atoms with Gasteiger partial charge in [0.2, 0.25) is 0 Å². The first-order valence-corrected chi connectivity index (χ1v) is 7.30. The minimum atomic E-state index is -0.560. The number of hydrogen-bond donors (Lipinski definition) is 0. The minimum absolute atomic E-state index is 0.00786. The maximum absolute atomic E-state index is 11.7. The molecule has 0 amide bonds. The van der Waals surface area contributed by atoms with E-state index in [9.17, 15) is 14.4 Å². The topological polar surface area (TPSA) is 78.9 Å². The monoisotopic (exact) mass is 310 g/mol. The van der Waals surface area contributed by atoms with E-state index < -0.39 is 24.0 Å². The van der Waals surface area contributed by atoms with E-state index in [1.165, 1.54) is 12.2 Å². The molecule has 0 aromatic rings. The molecule has 3 atom stereocenters. The number of hydrogen-bond acceptors (Lipinski definition) is 6. The van der Waals surface area contributed by atoms with E-state index in [2.05, 4.69) is 0 Å². The van der Waals surface area contributed by atoms with Crippen molar-refractivity contribution in [1.82, 2.24) is 0 Å². The highest BCUT2D eigenvalue weighted by Gasteiger charge is 2.16. The van der Waals surface area contributed by atoms with Crippen molar-refractivity contribution < 1.29 is 28.6 Å². The predicted molar refractivity (Wildman–Crippen MR) is 78.8 cm³/mol. The van der Waals surface area contributed by atoms with Crippen LogP contribution >= 0.6 is 0 Å². The zero-order valence-corrected chi connectivity index (χ0v) is 13.1. The first-order valence-electron chi connectivity index (χ1n) is 7.30. The van der Waals surface area contributed by atoms with Crippen LogP contribution in [0.15, 0.2) is 24.3 Å². The summed E-state index contributed by atoms with van der Waals surface area (Å²) in [6.45, 7) is 5.08. The molecule has 6 heteroatoms. The number of cyclic esters (lactones) is 3. The smallest absolute Gasteiger partial charge is 0.330 e. The van der Waals surface area contributed by atoms with Crippen molar-refractivity contribution in [3.05, 3.63) is 24.3 Å². The molecule has 0 saturated heterocycles. The van der Waals surface area contributed by atoms with Crippen LogP contribution in [-0.2, 0) is 28.6 Å². The van der Waals surface area contributed by atoms with Crippen LogP contribution < -0.4 is 0 Å². The molecule has 22 heavy (non-hydrogen) atoms. The van der Waals surface area contributed by atoms with E-state index in [1.807, 2.05) is 0 Å². The van der Waals surface area contributed by atoms with Crippen LogP contribution in [0.1, 0.15) is 40.0 Å². The van der Waals surface area contributed by atoms with Gasteiger partial charge in [0, 0.05) is 25.0 Å². The molecule has 1 rings (SSSR count). The fraction of sp³-hybridized carbons (Fsp3) is 0.562. The van der Waals surface area contributed by atoms with Crippen molar-refractivity contribution in [3.63, 3.8) is 0 Å². The fourth-order valence-electron chi connectivity index (χ4n) is 1.83. The molecular weight excluding hydrogens is 288 g/mol. The lowest BCUT2D eigenvalue weighted by Crippen LogP contribution is -2.22. The van der Waals surface area contributed by atoms with Gasteiger partial charge in [-0.25, -0.2) is 9.59 Å². The average molecular weight is 310 g/mol. The zero-order chi connectivity index (χ0) is 16.5. The summed E-state index contributed by atoms with van der Waals surface area (Å²) >= 11 is 0. The normalized spacial score (nSPS) is 31.6. The third-order valence-electron chi connectivity index (χ3n) is 2.87. The van der Waals surface area contributed by atoms with Crippen molar-refractivity contribution in [3.8, 4) is 0 Å². The van der Waals surface area contributed by atoms with E-state index in [0.29, 0.717) is 12.8 Å². The van der Waals surface area contributed by atoms with Gasteiger partial charge in [0.05, 0.1) is 6.42 Å². The Labute approximate surface area is 130 Å². The van der Waals surface area contributed by atoms with Gasteiger partial charge in [0.25, 0.3) is 0 Å². The van der Waals surface area contributed by atoms with Crippen LogP contribution in [0, 0.1) is 0 Å². The molecule has 1 heterocycles. The Hall–Kier alpha value is -2.11. The predicted octanol–water partition coefficient (Wildman–Crippen LogP) is 2.08. The Kier molecular flexibility index (Phi) is 7.36. The summed E-state index contributed by atoms with van der Waals surface area (Å²) in [7, 11) is 0. The van der Waals surface area contributed by atoms with Crippen molar-refractivity contribution in [2.24, 2.45) is 0 Å². The molecule has 0 aliphatic carbocycles. The first-order chi connectivity index (χ1) is 10.4. The van der Waals surface area contributed by atoms with Crippen LogP contribution in [-0.4, -0.2) is 36.2 Å². The fourth-order valence-corrected chi connectivity index (χ4v) is 1.83. The van der Waals surface area contributed by atoms with Crippen LogP contribution in [0.25, 0.3) is 0 Å². The number of esters is 3. The molecule has 0 N–H and O–H groups in total. The highest BCUT2D eigenvalue weighted by atomic mass is 16.6. The van der Waals surface area contributed by atoms with Crippen molar-refractivity contribution in [1.29, 1.82) is 0 Å². The molecule has 0 aromatic carbocycles. The molecule has 0 spiro atoms. The molecule has 122 valence electrons. The molecule has 0 unspecified atom stereocenters. The second-order valence-corrected chi connectivity index (χ2v) is 5.28.